The summed E-state index contributed by atoms with van der Waals surface area (Å²) in [6, 6.07) is 13.5. The highest BCUT2D eigenvalue weighted by Crippen LogP contribution is 2.11. The average molecular weight is 355 g/mol. The highest BCUT2D eigenvalue weighted by molar-refractivity contribution is 5.76. The molecule has 0 saturated heterocycles. The lowest BCUT2D eigenvalue weighted by Gasteiger charge is -2.07. The standard InChI is InChI=1S/C20H19F2N3O/c21-18-8-4-16(14-19(18)22)5-9-20(26)23-12-10-15-2-6-17(7-3-15)25-13-1-11-24-25/h1-4,6-8,11,13-14H,5,9-10,12H2,(H,23,26). The molecule has 1 aromatic heterocycles. The second kappa shape index (κ2) is 8.38. The summed E-state index contributed by atoms with van der Waals surface area (Å²) in [6.45, 7) is 0.526. The zero-order valence-electron chi connectivity index (χ0n) is 14.2. The van der Waals surface area contributed by atoms with Crippen LogP contribution in [-0.2, 0) is 17.6 Å². The van der Waals surface area contributed by atoms with E-state index in [9.17, 15) is 13.6 Å². The number of amides is 1. The molecule has 0 atom stereocenters. The van der Waals surface area contributed by atoms with Crippen LogP contribution in [0.3, 0.4) is 0 Å². The molecule has 0 aliphatic carbocycles. The molecule has 0 spiro atoms. The fraction of sp³-hybridized carbons (Fsp3) is 0.200. The van der Waals surface area contributed by atoms with Crippen molar-refractivity contribution < 1.29 is 13.6 Å². The maximum absolute atomic E-state index is 13.1. The van der Waals surface area contributed by atoms with Crippen molar-refractivity contribution >= 4 is 5.91 Å². The first-order valence-corrected chi connectivity index (χ1v) is 8.41. The minimum Gasteiger partial charge on any atom is -0.356 e. The molecule has 6 heteroatoms. The number of nitrogens with zero attached hydrogens (tertiary/aromatic N) is 2. The number of hydrogen-bond donors (Lipinski definition) is 1. The van der Waals surface area contributed by atoms with Gasteiger partial charge in [0.15, 0.2) is 11.6 Å². The van der Waals surface area contributed by atoms with E-state index in [4.69, 9.17) is 0 Å². The zero-order chi connectivity index (χ0) is 18.4. The molecule has 1 heterocycles. The van der Waals surface area contributed by atoms with Gasteiger partial charge in [0.25, 0.3) is 0 Å². The van der Waals surface area contributed by atoms with E-state index in [2.05, 4.69) is 10.4 Å². The lowest BCUT2D eigenvalue weighted by molar-refractivity contribution is -0.121. The van der Waals surface area contributed by atoms with Gasteiger partial charge in [-0.25, -0.2) is 13.5 Å². The Bertz CT molecular complexity index is 861. The van der Waals surface area contributed by atoms with Crippen LogP contribution in [0.25, 0.3) is 5.69 Å². The van der Waals surface area contributed by atoms with Gasteiger partial charge in [0, 0.05) is 25.4 Å². The molecule has 1 N–H and O–H groups in total. The van der Waals surface area contributed by atoms with Crippen LogP contribution < -0.4 is 5.32 Å². The molecule has 26 heavy (non-hydrogen) atoms. The SMILES string of the molecule is O=C(CCc1ccc(F)c(F)c1)NCCc1ccc(-n2cccn2)cc1. The maximum Gasteiger partial charge on any atom is 0.220 e. The Morgan fingerprint density at radius 3 is 2.46 bits per heavy atom. The Kier molecular flexibility index (Phi) is 5.73. The molecule has 2 aromatic carbocycles. The van der Waals surface area contributed by atoms with Crippen LogP contribution in [0.5, 0.6) is 0 Å². The molecule has 3 rings (SSSR count). The summed E-state index contributed by atoms with van der Waals surface area (Å²) < 4.78 is 27.8. The number of halogens is 2. The fourth-order valence-electron chi connectivity index (χ4n) is 2.62. The van der Waals surface area contributed by atoms with Gasteiger partial charge in [-0.3, -0.25) is 4.79 Å². The van der Waals surface area contributed by atoms with Crippen molar-refractivity contribution in [3.8, 4) is 5.69 Å². The molecule has 4 nitrogen and oxygen atoms in total. The molecule has 0 unspecified atom stereocenters. The number of hydrogen-bond acceptors (Lipinski definition) is 2. The molecule has 0 fully saturated rings. The molecule has 0 radical (unpaired) electrons. The van der Waals surface area contributed by atoms with E-state index in [1.54, 1.807) is 10.9 Å². The van der Waals surface area contributed by atoms with Gasteiger partial charge in [0.2, 0.25) is 5.91 Å². The molecular formula is C20H19F2N3O. The first kappa shape index (κ1) is 17.8. The Morgan fingerprint density at radius 2 is 1.77 bits per heavy atom. The second-order valence-electron chi connectivity index (χ2n) is 5.97. The van der Waals surface area contributed by atoms with E-state index in [-0.39, 0.29) is 12.3 Å². The molecule has 0 saturated carbocycles. The lowest BCUT2D eigenvalue weighted by atomic mass is 10.1. The predicted octanol–water partition coefficient (Wildman–Crippen LogP) is 3.44. The van der Waals surface area contributed by atoms with Crippen molar-refractivity contribution in [3.63, 3.8) is 0 Å². The van der Waals surface area contributed by atoms with Gasteiger partial charge in [0.1, 0.15) is 0 Å². The quantitative estimate of drug-likeness (QED) is 0.706. The number of carbonyl (C=O) groups is 1. The maximum atomic E-state index is 13.1. The van der Waals surface area contributed by atoms with Gasteiger partial charge in [0.05, 0.1) is 5.69 Å². The predicted molar refractivity (Wildman–Crippen MR) is 95.0 cm³/mol. The summed E-state index contributed by atoms with van der Waals surface area (Å²) >= 11 is 0. The fourth-order valence-corrected chi connectivity index (χ4v) is 2.62. The second-order valence-corrected chi connectivity index (χ2v) is 5.97. The largest absolute Gasteiger partial charge is 0.356 e. The Balaban J connectivity index is 1.41. The monoisotopic (exact) mass is 355 g/mol. The van der Waals surface area contributed by atoms with E-state index in [1.165, 1.54) is 6.07 Å². The summed E-state index contributed by atoms with van der Waals surface area (Å²) in [5, 5.41) is 7.02. The van der Waals surface area contributed by atoms with Crippen molar-refractivity contribution in [2.45, 2.75) is 19.3 Å². The van der Waals surface area contributed by atoms with Gasteiger partial charge >= 0.3 is 0 Å². The normalized spacial score (nSPS) is 10.7. The van der Waals surface area contributed by atoms with Gasteiger partial charge in [-0.15, -0.1) is 0 Å². The smallest absolute Gasteiger partial charge is 0.220 e. The molecule has 134 valence electrons. The third kappa shape index (κ3) is 4.75. The van der Waals surface area contributed by atoms with E-state index >= 15 is 0 Å². The average Bonchev–Trinajstić information content (AvgIpc) is 3.18. The molecule has 0 bridgehead atoms. The van der Waals surface area contributed by atoms with E-state index in [0.29, 0.717) is 18.5 Å². The first-order chi connectivity index (χ1) is 12.6. The van der Waals surface area contributed by atoms with E-state index in [1.807, 2.05) is 36.5 Å². The Morgan fingerprint density at radius 1 is 1.00 bits per heavy atom. The van der Waals surface area contributed by atoms with Crippen LogP contribution in [0.1, 0.15) is 17.5 Å². The van der Waals surface area contributed by atoms with Crippen LogP contribution >= 0.6 is 0 Å². The zero-order valence-corrected chi connectivity index (χ0v) is 14.2. The van der Waals surface area contributed by atoms with Gasteiger partial charge in [-0.05, 0) is 54.3 Å². The Hall–Kier alpha value is -3.02. The topological polar surface area (TPSA) is 46.9 Å². The van der Waals surface area contributed by atoms with Crippen LogP contribution in [-0.4, -0.2) is 22.2 Å². The number of nitrogens with one attached hydrogen (secondary N) is 1. The number of carbonyl (C=O) groups excluding carboxylic acids is 1. The van der Waals surface area contributed by atoms with E-state index in [0.717, 1.165) is 29.8 Å². The summed E-state index contributed by atoms with van der Waals surface area (Å²) in [7, 11) is 0. The highest BCUT2D eigenvalue weighted by Gasteiger charge is 2.06. The minimum atomic E-state index is -0.888. The minimum absolute atomic E-state index is 0.108. The third-order valence-electron chi connectivity index (χ3n) is 4.07. The summed E-state index contributed by atoms with van der Waals surface area (Å²) in [6.07, 6.45) is 4.94. The highest BCUT2D eigenvalue weighted by atomic mass is 19.2. The summed E-state index contributed by atoms with van der Waals surface area (Å²) in [4.78, 5) is 11.9. The number of rotatable bonds is 7. The van der Waals surface area contributed by atoms with Crippen LogP contribution in [0.15, 0.2) is 60.9 Å². The Labute approximate surface area is 150 Å². The summed E-state index contributed by atoms with van der Waals surface area (Å²) in [5.74, 6) is -1.87. The van der Waals surface area contributed by atoms with Crippen LogP contribution in [0.2, 0.25) is 0 Å². The van der Waals surface area contributed by atoms with Gasteiger partial charge in [-0.1, -0.05) is 18.2 Å². The molecule has 1 amide bonds. The number of aryl methyl sites for hydroxylation is 1. The summed E-state index contributed by atoms with van der Waals surface area (Å²) in [5.41, 5.74) is 2.70. The van der Waals surface area contributed by atoms with E-state index < -0.39 is 11.6 Å². The van der Waals surface area contributed by atoms with Crippen LogP contribution in [0, 0.1) is 11.6 Å². The van der Waals surface area contributed by atoms with Crippen molar-refractivity contribution in [1.82, 2.24) is 15.1 Å². The van der Waals surface area contributed by atoms with Crippen molar-refractivity contribution in [2.75, 3.05) is 6.54 Å². The van der Waals surface area contributed by atoms with Crippen molar-refractivity contribution in [2.24, 2.45) is 0 Å². The molecule has 0 aliphatic heterocycles. The lowest BCUT2D eigenvalue weighted by Crippen LogP contribution is -2.25. The molecule has 3 aromatic rings. The van der Waals surface area contributed by atoms with Crippen molar-refractivity contribution in [3.05, 3.63) is 83.7 Å². The van der Waals surface area contributed by atoms with Crippen molar-refractivity contribution in [1.29, 1.82) is 0 Å². The van der Waals surface area contributed by atoms with Crippen LogP contribution in [0.4, 0.5) is 8.78 Å². The first-order valence-electron chi connectivity index (χ1n) is 8.41. The number of benzene rings is 2. The number of aromatic nitrogens is 2. The van der Waals surface area contributed by atoms with Gasteiger partial charge < -0.3 is 5.32 Å². The molecular weight excluding hydrogens is 336 g/mol. The van der Waals surface area contributed by atoms with Gasteiger partial charge in [-0.2, -0.15) is 5.10 Å². The molecule has 0 aliphatic rings. The third-order valence-corrected chi connectivity index (χ3v) is 4.07.